The number of carbonyl (C=O) groups is 1. The largest absolute Gasteiger partial charge is 0.479 e. The Morgan fingerprint density at radius 1 is 2.00 bits per heavy atom. The number of carboxylic acid groups (broad SMARTS) is 1. The third-order valence-electron chi connectivity index (χ3n) is 0.114. The lowest BCUT2D eigenvalue weighted by Crippen LogP contribution is -1.93. The van der Waals surface area contributed by atoms with Gasteiger partial charge in [0.15, 0.2) is 6.67 Å². The molecule has 8 heavy (non-hydrogen) atoms. The molecule has 0 aromatic carbocycles. The van der Waals surface area contributed by atoms with Gasteiger partial charge < -0.3 is 5.11 Å². The van der Waals surface area contributed by atoms with Crippen LogP contribution in [0.1, 0.15) is 6.92 Å². The van der Waals surface area contributed by atoms with Crippen molar-refractivity contribution in [2.75, 3.05) is 6.67 Å². The molecular weight excluding hydrogens is 113 g/mol. The predicted octanol–water partition coefficient (Wildman–Crippen LogP) is 0.570. The van der Waals surface area contributed by atoms with E-state index in [0.717, 1.165) is 0 Å². The zero-order valence-corrected chi connectivity index (χ0v) is 4.39. The van der Waals surface area contributed by atoms with Gasteiger partial charge in [0.05, 0.1) is 6.07 Å². The Labute approximate surface area is 46.4 Å². The number of alkyl halides is 1. The first-order chi connectivity index (χ1) is 3.68. The van der Waals surface area contributed by atoms with Crippen molar-refractivity contribution in [2.45, 2.75) is 6.92 Å². The average Bonchev–Trinajstić information content (AvgIpc) is 1.69. The topological polar surface area (TPSA) is 61.1 Å². The van der Waals surface area contributed by atoms with E-state index in [-0.39, 0.29) is 0 Å². The minimum absolute atomic E-state index is 1.28. The SMILES string of the molecule is CC#N.O=C(O)CF. The molecule has 0 saturated carbocycles. The Hall–Kier alpha value is -1.11. The molecule has 0 spiro atoms. The molecule has 0 aromatic heterocycles. The number of rotatable bonds is 1. The van der Waals surface area contributed by atoms with Crippen molar-refractivity contribution < 1.29 is 14.3 Å². The summed E-state index contributed by atoms with van der Waals surface area (Å²) in [6.07, 6.45) is 0. The molecule has 0 saturated heterocycles. The normalized spacial score (nSPS) is 5.62. The van der Waals surface area contributed by atoms with Crippen LogP contribution in [0.4, 0.5) is 4.39 Å². The van der Waals surface area contributed by atoms with Crippen LogP contribution in [0.2, 0.25) is 0 Å². The zero-order valence-electron chi connectivity index (χ0n) is 4.39. The summed E-state index contributed by atoms with van der Waals surface area (Å²) in [6, 6.07) is 1.75. The van der Waals surface area contributed by atoms with Crippen LogP contribution >= 0.6 is 0 Å². The van der Waals surface area contributed by atoms with Gasteiger partial charge in [-0.1, -0.05) is 0 Å². The number of nitrogens with zero attached hydrogens (tertiary/aromatic N) is 1. The van der Waals surface area contributed by atoms with E-state index in [1.807, 2.05) is 0 Å². The van der Waals surface area contributed by atoms with E-state index in [2.05, 4.69) is 0 Å². The maximum atomic E-state index is 10.5. The monoisotopic (exact) mass is 119 g/mol. The highest BCUT2D eigenvalue weighted by molar-refractivity contribution is 5.67. The molecule has 0 heterocycles. The third-order valence-corrected chi connectivity index (χ3v) is 0.114. The van der Waals surface area contributed by atoms with Crippen molar-refractivity contribution in [3.05, 3.63) is 0 Å². The molecule has 0 radical (unpaired) electrons. The summed E-state index contributed by atoms with van der Waals surface area (Å²) in [5, 5.41) is 14.7. The summed E-state index contributed by atoms with van der Waals surface area (Å²) in [6.45, 7) is 0.153. The summed E-state index contributed by atoms with van der Waals surface area (Å²) in [7, 11) is 0. The van der Waals surface area contributed by atoms with Crippen LogP contribution in [-0.2, 0) is 4.79 Å². The number of halogens is 1. The lowest BCUT2D eigenvalue weighted by Gasteiger charge is -1.69. The summed E-state index contributed by atoms with van der Waals surface area (Å²) in [5.74, 6) is -1.41. The highest BCUT2D eigenvalue weighted by Gasteiger charge is 1.85. The molecule has 0 fully saturated rings. The molecular formula is C4H6FNO2. The fraction of sp³-hybridized carbons (Fsp3) is 0.500. The van der Waals surface area contributed by atoms with Gasteiger partial charge in [-0.3, -0.25) is 0 Å². The van der Waals surface area contributed by atoms with Crippen molar-refractivity contribution in [2.24, 2.45) is 0 Å². The molecule has 1 N–H and O–H groups in total. The number of hydrogen-bond donors (Lipinski definition) is 1. The van der Waals surface area contributed by atoms with E-state index in [0.29, 0.717) is 0 Å². The fourth-order valence-corrected chi connectivity index (χ4v) is 0. The van der Waals surface area contributed by atoms with E-state index in [1.54, 1.807) is 6.07 Å². The molecule has 0 aromatic rings. The first-order valence-corrected chi connectivity index (χ1v) is 1.77. The number of carboxylic acids is 1. The Balaban J connectivity index is 0. The Morgan fingerprint density at radius 3 is 2.12 bits per heavy atom. The molecule has 0 unspecified atom stereocenters. The van der Waals surface area contributed by atoms with Gasteiger partial charge in [-0.15, -0.1) is 0 Å². The van der Waals surface area contributed by atoms with Crippen LogP contribution in [0.5, 0.6) is 0 Å². The van der Waals surface area contributed by atoms with E-state index in [4.69, 9.17) is 15.2 Å². The summed E-state index contributed by atoms with van der Waals surface area (Å²) < 4.78 is 10.5. The van der Waals surface area contributed by atoms with Gasteiger partial charge >= 0.3 is 5.97 Å². The highest BCUT2D eigenvalue weighted by atomic mass is 19.1. The maximum Gasteiger partial charge on any atom is 0.335 e. The smallest absolute Gasteiger partial charge is 0.335 e. The fourth-order valence-electron chi connectivity index (χ4n) is 0. The van der Waals surface area contributed by atoms with E-state index < -0.39 is 12.6 Å². The van der Waals surface area contributed by atoms with Crippen LogP contribution in [0.15, 0.2) is 0 Å². The summed E-state index contributed by atoms with van der Waals surface area (Å²) >= 11 is 0. The highest BCUT2D eigenvalue weighted by Crippen LogP contribution is 1.60. The summed E-state index contributed by atoms with van der Waals surface area (Å²) in [5.41, 5.74) is 0. The second-order valence-electron chi connectivity index (χ2n) is 0.751. The van der Waals surface area contributed by atoms with Crippen molar-refractivity contribution in [1.82, 2.24) is 0 Å². The van der Waals surface area contributed by atoms with Gasteiger partial charge in [-0.05, 0) is 0 Å². The van der Waals surface area contributed by atoms with Crippen molar-refractivity contribution >= 4 is 5.97 Å². The van der Waals surface area contributed by atoms with Crippen LogP contribution in [-0.4, -0.2) is 17.8 Å². The molecule has 0 aliphatic heterocycles. The molecule has 0 aliphatic rings. The lowest BCUT2D eigenvalue weighted by atomic mass is 10.8. The molecule has 0 atom stereocenters. The third kappa shape index (κ3) is 93.4. The van der Waals surface area contributed by atoms with Crippen molar-refractivity contribution in [3.8, 4) is 6.07 Å². The van der Waals surface area contributed by atoms with Crippen LogP contribution in [0.25, 0.3) is 0 Å². The van der Waals surface area contributed by atoms with Gasteiger partial charge in [0.2, 0.25) is 0 Å². The lowest BCUT2D eigenvalue weighted by molar-refractivity contribution is -0.137. The van der Waals surface area contributed by atoms with E-state index >= 15 is 0 Å². The molecule has 46 valence electrons. The Kier molecular flexibility index (Phi) is 11.6. The maximum absolute atomic E-state index is 10.5. The molecule has 0 aliphatic carbocycles. The first-order valence-electron chi connectivity index (χ1n) is 1.77. The number of hydrogen-bond acceptors (Lipinski definition) is 2. The quantitative estimate of drug-likeness (QED) is 0.548. The molecule has 0 amide bonds. The molecule has 0 rings (SSSR count). The number of nitriles is 1. The van der Waals surface area contributed by atoms with Gasteiger partial charge in [-0.25, -0.2) is 9.18 Å². The minimum Gasteiger partial charge on any atom is -0.479 e. The molecule has 4 heteroatoms. The van der Waals surface area contributed by atoms with E-state index in [1.165, 1.54) is 6.92 Å². The van der Waals surface area contributed by atoms with Crippen LogP contribution < -0.4 is 0 Å². The second kappa shape index (κ2) is 9.31. The van der Waals surface area contributed by atoms with Gasteiger partial charge in [0, 0.05) is 6.92 Å². The van der Waals surface area contributed by atoms with E-state index in [9.17, 15) is 4.39 Å². The van der Waals surface area contributed by atoms with Gasteiger partial charge in [-0.2, -0.15) is 5.26 Å². The van der Waals surface area contributed by atoms with Crippen LogP contribution in [0.3, 0.4) is 0 Å². The zero-order chi connectivity index (χ0) is 6.99. The minimum atomic E-state index is -1.41. The number of aliphatic carboxylic acids is 1. The Morgan fingerprint density at radius 2 is 2.12 bits per heavy atom. The predicted molar refractivity (Wildman–Crippen MR) is 24.9 cm³/mol. The molecule has 0 bridgehead atoms. The standard InChI is InChI=1S/C2H3FO2.C2H3N/c3-1-2(4)5;1-2-3/h1H2,(H,4,5);1H3. The second-order valence-corrected chi connectivity index (χ2v) is 0.751. The molecule has 3 nitrogen and oxygen atoms in total. The Bertz CT molecular complexity index is 96.7. The van der Waals surface area contributed by atoms with Crippen molar-refractivity contribution in [3.63, 3.8) is 0 Å². The van der Waals surface area contributed by atoms with Crippen LogP contribution in [0, 0.1) is 11.3 Å². The first kappa shape index (κ1) is 10.00. The average molecular weight is 119 g/mol. The van der Waals surface area contributed by atoms with Gasteiger partial charge in [0.1, 0.15) is 0 Å². The summed E-state index contributed by atoms with van der Waals surface area (Å²) in [4.78, 5) is 8.99. The van der Waals surface area contributed by atoms with Gasteiger partial charge in [0.25, 0.3) is 0 Å². The van der Waals surface area contributed by atoms with Crippen molar-refractivity contribution in [1.29, 1.82) is 5.26 Å².